The number of anilines is 1. The van der Waals surface area contributed by atoms with Gasteiger partial charge in [-0.05, 0) is 48.2 Å². The van der Waals surface area contributed by atoms with E-state index in [1.165, 1.54) is 0 Å². The van der Waals surface area contributed by atoms with Gasteiger partial charge in [0.05, 0.1) is 13.2 Å². The Bertz CT molecular complexity index is 1200. The fourth-order valence-corrected chi connectivity index (χ4v) is 4.24. The number of imidazole rings is 1. The molecule has 1 N–H and O–H groups in total. The van der Waals surface area contributed by atoms with Crippen LogP contribution in [0.2, 0.25) is 5.02 Å². The molecule has 0 saturated heterocycles. The molecule has 1 aliphatic rings. The van der Waals surface area contributed by atoms with Crippen LogP contribution in [0.25, 0.3) is 0 Å². The number of halogens is 1. The van der Waals surface area contributed by atoms with E-state index in [0.29, 0.717) is 49.0 Å². The minimum absolute atomic E-state index is 0.0724. The molecule has 0 fully saturated rings. The molecule has 0 spiro atoms. The van der Waals surface area contributed by atoms with Crippen molar-refractivity contribution in [2.24, 2.45) is 0 Å². The van der Waals surface area contributed by atoms with Crippen LogP contribution in [0.5, 0.6) is 5.75 Å². The molecule has 4 rings (SSSR count). The van der Waals surface area contributed by atoms with Crippen LogP contribution < -0.4 is 10.1 Å². The van der Waals surface area contributed by atoms with Crippen LogP contribution in [0, 0.1) is 11.3 Å². The fraction of sp³-hybridized carbons (Fsp3) is 0.304. The van der Waals surface area contributed by atoms with Gasteiger partial charge in [-0.25, -0.2) is 9.97 Å². The van der Waals surface area contributed by atoms with Crippen molar-refractivity contribution in [1.29, 1.82) is 5.26 Å². The molecule has 3 aromatic rings. The number of amides is 1. The lowest BCUT2D eigenvalue weighted by atomic mass is 9.96. The predicted molar refractivity (Wildman–Crippen MR) is 121 cm³/mol. The normalized spacial score (nSPS) is 12.9. The number of nitrogens with one attached hydrogen (secondary N) is 1. The first-order chi connectivity index (χ1) is 15.5. The Morgan fingerprint density at radius 1 is 1.25 bits per heavy atom. The van der Waals surface area contributed by atoms with E-state index in [0.717, 1.165) is 22.6 Å². The molecule has 3 heterocycles. The molecule has 1 aliphatic heterocycles. The van der Waals surface area contributed by atoms with Crippen LogP contribution in [0.1, 0.15) is 39.7 Å². The van der Waals surface area contributed by atoms with Crippen LogP contribution in [-0.2, 0) is 19.5 Å². The first kappa shape index (κ1) is 21.7. The highest BCUT2D eigenvalue weighted by molar-refractivity contribution is 6.32. The van der Waals surface area contributed by atoms with Gasteiger partial charge in [-0.1, -0.05) is 11.6 Å². The molecule has 2 aromatic heterocycles. The Labute approximate surface area is 191 Å². The number of hydrogen-bond acceptors (Lipinski definition) is 6. The summed E-state index contributed by atoms with van der Waals surface area (Å²) < 4.78 is 7.48. The maximum Gasteiger partial charge on any atom is 0.254 e. The third-order valence-electron chi connectivity index (χ3n) is 5.39. The van der Waals surface area contributed by atoms with E-state index in [-0.39, 0.29) is 11.6 Å². The third kappa shape index (κ3) is 4.25. The number of nitrogens with zero attached hydrogens (tertiary/aromatic N) is 5. The highest BCUT2D eigenvalue weighted by atomic mass is 35.5. The summed E-state index contributed by atoms with van der Waals surface area (Å²) in [6, 6.07) is 7.64. The van der Waals surface area contributed by atoms with Crippen molar-refractivity contribution in [1.82, 2.24) is 19.4 Å². The number of rotatable bonds is 7. The van der Waals surface area contributed by atoms with Gasteiger partial charge in [0.25, 0.3) is 5.91 Å². The number of aromatic nitrogens is 3. The molecular formula is C23H23ClN6O2. The van der Waals surface area contributed by atoms with Crippen LogP contribution in [0.15, 0.2) is 36.8 Å². The summed E-state index contributed by atoms with van der Waals surface area (Å²) in [6.07, 6.45) is 5.89. The summed E-state index contributed by atoms with van der Waals surface area (Å²) in [6.45, 7) is 3.77. The summed E-state index contributed by atoms with van der Waals surface area (Å²) in [4.78, 5) is 23.5. The van der Waals surface area contributed by atoms with Crippen molar-refractivity contribution in [3.63, 3.8) is 0 Å². The molecule has 32 heavy (non-hydrogen) atoms. The second kappa shape index (κ2) is 9.28. The number of carbonyl (C=O) groups excluding carboxylic acids is 1. The molecular weight excluding hydrogens is 428 g/mol. The van der Waals surface area contributed by atoms with Crippen molar-refractivity contribution < 1.29 is 9.53 Å². The summed E-state index contributed by atoms with van der Waals surface area (Å²) in [5.74, 6) is 1.10. The van der Waals surface area contributed by atoms with Crippen molar-refractivity contribution in [3.8, 4) is 11.8 Å². The molecule has 0 atom stereocenters. The molecule has 0 bridgehead atoms. The Morgan fingerprint density at radius 2 is 2.09 bits per heavy atom. The van der Waals surface area contributed by atoms with E-state index >= 15 is 0 Å². The lowest BCUT2D eigenvalue weighted by molar-refractivity contribution is 0.0726. The predicted octanol–water partition coefficient (Wildman–Crippen LogP) is 3.49. The maximum atomic E-state index is 13.3. The Hall–Kier alpha value is -3.57. The number of hydrogen-bond donors (Lipinski definition) is 1. The summed E-state index contributed by atoms with van der Waals surface area (Å²) >= 11 is 6.55. The SMILES string of the molecule is CCOc1cc(CN2CCc3c(Cl)cc(Cn4ccnc4NC)cc3C2=O)cnc1C#N. The van der Waals surface area contributed by atoms with Crippen molar-refractivity contribution in [2.75, 3.05) is 25.5 Å². The maximum absolute atomic E-state index is 13.3. The lowest BCUT2D eigenvalue weighted by Gasteiger charge is -2.29. The van der Waals surface area contributed by atoms with Crippen LogP contribution in [-0.4, -0.2) is 45.5 Å². The molecule has 9 heteroatoms. The zero-order chi connectivity index (χ0) is 22.7. The van der Waals surface area contributed by atoms with E-state index in [9.17, 15) is 10.1 Å². The minimum atomic E-state index is -0.0724. The van der Waals surface area contributed by atoms with Crippen molar-refractivity contribution in [2.45, 2.75) is 26.4 Å². The molecule has 0 radical (unpaired) electrons. The third-order valence-corrected chi connectivity index (χ3v) is 5.72. The van der Waals surface area contributed by atoms with Gasteiger partial charge >= 0.3 is 0 Å². The summed E-state index contributed by atoms with van der Waals surface area (Å²) in [5.41, 5.74) is 3.48. The Balaban J connectivity index is 1.58. The van der Waals surface area contributed by atoms with E-state index in [2.05, 4.69) is 15.3 Å². The van der Waals surface area contributed by atoms with Crippen LogP contribution in [0.3, 0.4) is 0 Å². The number of fused-ring (bicyclic) bond motifs is 1. The molecule has 1 amide bonds. The monoisotopic (exact) mass is 450 g/mol. The number of ether oxygens (including phenoxy) is 1. The van der Waals surface area contributed by atoms with E-state index in [1.54, 1.807) is 23.4 Å². The fourth-order valence-electron chi connectivity index (χ4n) is 3.90. The molecule has 164 valence electrons. The van der Waals surface area contributed by atoms with Crippen molar-refractivity contribution >= 4 is 23.5 Å². The first-order valence-corrected chi connectivity index (χ1v) is 10.7. The summed E-state index contributed by atoms with van der Waals surface area (Å²) in [7, 11) is 1.81. The zero-order valence-corrected chi connectivity index (χ0v) is 18.7. The lowest BCUT2D eigenvalue weighted by Crippen LogP contribution is -2.37. The second-order valence-corrected chi connectivity index (χ2v) is 7.85. The average Bonchev–Trinajstić information content (AvgIpc) is 3.23. The van der Waals surface area contributed by atoms with Gasteiger partial charge in [-0.15, -0.1) is 0 Å². The molecule has 0 saturated carbocycles. The highest BCUT2D eigenvalue weighted by Gasteiger charge is 2.27. The first-order valence-electron chi connectivity index (χ1n) is 10.3. The number of carbonyl (C=O) groups is 1. The standard InChI is InChI=1S/C23H23ClN6O2/c1-3-32-21-10-16(12-28-20(21)11-25)14-29-6-4-17-18(22(29)31)8-15(9-19(17)24)13-30-7-5-27-23(30)26-2/h5,7-10,12H,3-4,6,13-14H2,1-2H3,(H,26,27). The number of benzene rings is 1. The topological polar surface area (TPSA) is 96.1 Å². The minimum Gasteiger partial charge on any atom is -0.491 e. The Morgan fingerprint density at radius 3 is 2.84 bits per heavy atom. The number of pyridine rings is 1. The average molecular weight is 451 g/mol. The second-order valence-electron chi connectivity index (χ2n) is 7.44. The van der Waals surface area contributed by atoms with Gasteiger partial charge in [0.1, 0.15) is 6.07 Å². The molecule has 8 nitrogen and oxygen atoms in total. The summed E-state index contributed by atoms with van der Waals surface area (Å²) in [5, 5.41) is 12.9. The van der Waals surface area contributed by atoms with Gasteiger partial charge in [-0.3, -0.25) is 4.79 Å². The molecule has 0 unspecified atom stereocenters. The van der Waals surface area contributed by atoms with Gasteiger partial charge in [-0.2, -0.15) is 5.26 Å². The highest BCUT2D eigenvalue weighted by Crippen LogP contribution is 2.30. The van der Waals surface area contributed by atoms with E-state index in [1.807, 2.05) is 42.9 Å². The smallest absolute Gasteiger partial charge is 0.254 e. The molecule has 0 aliphatic carbocycles. The van der Waals surface area contributed by atoms with E-state index < -0.39 is 0 Å². The van der Waals surface area contributed by atoms with Crippen LogP contribution in [0.4, 0.5) is 5.95 Å². The van der Waals surface area contributed by atoms with Gasteiger partial charge in [0, 0.05) is 49.3 Å². The quantitative estimate of drug-likeness (QED) is 0.592. The van der Waals surface area contributed by atoms with Gasteiger partial charge in [0.15, 0.2) is 11.4 Å². The number of nitriles is 1. The van der Waals surface area contributed by atoms with Gasteiger partial charge in [0.2, 0.25) is 5.95 Å². The largest absolute Gasteiger partial charge is 0.491 e. The molecule has 1 aromatic carbocycles. The van der Waals surface area contributed by atoms with E-state index in [4.69, 9.17) is 16.3 Å². The Kier molecular flexibility index (Phi) is 6.28. The zero-order valence-electron chi connectivity index (χ0n) is 17.9. The van der Waals surface area contributed by atoms with Gasteiger partial charge < -0.3 is 19.5 Å². The van der Waals surface area contributed by atoms with Crippen molar-refractivity contribution in [3.05, 3.63) is 69.8 Å². The van der Waals surface area contributed by atoms with Crippen LogP contribution >= 0.6 is 11.6 Å².